The molecule has 2 N–H and O–H groups in total. The lowest BCUT2D eigenvalue weighted by Crippen LogP contribution is -2.14. The van der Waals surface area contributed by atoms with Crippen molar-refractivity contribution in [2.45, 2.75) is 33.2 Å². The molecule has 0 aliphatic rings. The van der Waals surface area contributed by atoms with E-state index >= 15 is 0 Å². The summed E-state index contributed by atoms with van der Waals surface area (Å²) in [5, 5.41) is 1.12. The molecule has 0 saturated carbocycles. The maximum atomic E-state index is 6.30. The smallest absolute Gasteiger partial charge is 0.0949 e. The molecule has 1 aromatic heterocycles. The summed E-state index contributed by atoms with van der Waals surface area (Å²) in [6, 6.07) is 6.18. The Balaban J connectivity index is 2.21. The number of nitrogens with two attached hydrogens (primary N) is 1. The molecular weight excluding hydrogens is 308 g/mol. The Labute approximate surface area is 120 Å². The van der Waals surface area contributed by atoms with Crippen molar-refractivity contribution >= 4 is 27.3 Å². The lowest BCUT2D eigenvalue weighted by atomic mass is 10.00. The first-order valence-corrected chi connectivity index (χ1v) is 7.53. The first-order chi connectivity index (χ1) is 8.49. The second-order valence-corrected chi connectivity index (χ2v) is 6.66. The molecule has 0 spiro atoms. The minimum absolute atomic E-state index is 0.00690. The molecule has 0 bridgehead atoms. The maximum Gasteiger partial charge on any atom is 0.0949 e. The van der Waals surface area contributed by atoms with Gasteiger partial charge in [0.25, 0.3) is 0 Å². The number of benzene rings is 1. The van der Waals surface area contributed by atoms with Gasteiger partial charge in [-0.1, -0.05) is 28.1 Å². The van der Waals surface area contributed by atoms with Crippen LogP contribution in [0.25, 0.3) is 0 Å². The summed E-state index contributed by atoms with van der Waals surface area (Å²) < 4.78 is 1.11. The van der Waals surface area contributed by atoms with Crippen LogP contribution < -0.4 is 5.73 Å². The average Bonchev–Trinajstić information content (AvgIpc) is 2.61. The van der Waals surface area contributed by atoms with Gasteiger partial charge in [0.2, 0.25) is 0 Å². The molecule has 2 rings (SSSR count). The largest absolute Gasteiger partial charge is 0.324 e. The van der Waals surface area contributed by atoms with Gasteiger partial charge in [0.1, 0.15) is 0 Å². The molecule has 4 heteroatoms. The number of aryl methyl sites for hydroxylation is 2. The van der Waals surface area contributed by atoms with E-state index in [1.54, 1.807) is 11.3 Å². The molecule has 1 aromatic carbocycles. The summed E-state index contributed by atoms with van der Waals surface area (Å²) in [7, 11) is 0. The summed E-state index contributed by atoms with van der Waals surface area (Å²) in [4.78, 5) is 5.84. The quantitative estimate of drug-likeness (QED) is 0.924. The number of aromatic nitrogens is 1. The summed E-state index contributed by atoms with van der Waals surface area (Å²) in [6.07, 6.45) is 0.802. The van der Waals surface area contributed by atoms with E-state index in [-0.39, 0.29) is 6.04 Å². The molecule has 0 saturated heterocycles. The van der Waals surface area contributed by atoms with Gasteiger partial charge >= 0.3 is 0 Å². The highest BCUT2D eigenvalue weighted by molar-refractivity contribution is 9.10. The molecule has 1 unspecified atom stereocenters. The van der Waals surface area contributed by atoms with Gasteiger partial charge in [-0.2, -0.15) is 0 Å². The van der Waals surface area contributed by atoms with Gasteiger partial charge in [-0.3, -0.25) is 0 Å². The second kappa shape index (κ2) is 5.51. The van der Waals surface area contributed by atoms with Gasteiger partial charge in [-0.15, -0.1) is 11.3 Å². The Bertz CT molecular complexity index is 543. The molecule has 2 nitrogen and oxygen atoms in total. The van der Waals surface area contributed by atoms with Crippen LogP contribution in [0.3, 0.4) is 0 Å². The van der Waals surface area contributed by atoms with E-state index in [1.807, 2.05) is 19.1 Å². The molecule has 0 fully saturated rings. The maximum absolute atomic E-state index is 6.30. The average molecular weight is 325 g/mol. The molecule has 0 aliphatic heterocycles. The minimum atomic E-state index is 0.00690. The van der Waals surface area contributed by atoms with E-state index in [1.165, 1.54) is 16.0 Å². The molecule has 0 radical (unpaired) electrons. The molecule has 0 amide bonds. The topological polar surface area (TPSA) is 38.9 Å². The van der Waals surface area contributed by atoms with Crippen LogP contribution in [0.1, 0.15) is 32.7 Å². The summed E-state index contributed by atoms with van der Waals surface area (Å²) in [6.45, 7) is 6.25. The van der Waals surface area contributed by atoms with Gasteiger partial charge in [0, 0.05) is 21.8 Å². The lowest BCUT2D eigenvalue weighted by molar-refractivity contribution is 0.711. The Kier molecular flexibility index (Phi) is 4.20. The summed E-state index contributed by atoms with van der Waals surface area (Å²) in [5.41, 5.74) is 9.83. The number of rotatable bonds is 3. The first kappa shape index (κ1) is 13.7. The standard InChI is InChI=1S/C14H17BrN2S/c1-8-11(5-4-6-12(8)15)13(16)7-14-17-9(2)10(3)18-14/h4-6,13H,7,16H2,1-3H3. The highest BCUT2D eigenvalue weighted by Gasteiger charge is 2.14. The molecule has 18 heavy (non-hydrogen) atoms. The van der Waals surface area contributed by atoms with Crippen molar-refractivity contribution in [2.24, 2.45) is 5.73 Å². The lowest BCUT2D eigenvalue weighted by Gasteiger charge is -2.14. The van der Waals surface area contributed by atoms with Crippen molar-refractivity contribution in [1.82, 2.24) is 4.98 Å². The second-order valence-electron chi connectivity index (χ2n) is 4.51. The van der Waals surface area contributed by atoms with Crippen LogP contribution in [0, 0.1) is 20.8 Å². The number of halogens is 1. The third-order valence-corrected chi connectivity index (χ3v) is 5.13. The molecule has 1 heterocycles. The Hall–Kier alpha value is -0.710. The van der Waals surface area contributed by atoms with E-state index in [9.17, 15) is 0 Å². The first-order valence-electron chi connectivity index (χ1n) is 5.92. The van der Waals surface area contributed by atoms with E-state index in [4.69, 9.17) is 5.73 Å². The van der Waals surface area contributed by atoms with Gasteiger partial charge < -0.3 is 5.73 Å². The van der Waals surface area contributed by atoms with Crippen LogP contribution in [-0.2, 0) is 6.42 Å². The van der Waals surface area contributed by atoms with Crippen molar-refractivity contribution in [2.75, 3.05) is 0 Å². The zero-order valence-electron chi connectivity index (χ0n) is 10.8. The van der Waals surface area contributed by atoms with Crippen LogP contribution in [0.15, 0.2) is 22.7 Å². The van der Waals surface area contributed by atoms with E-state index in [0.29, 0.717) is 0 Å². The highest BCUT2D eigenvalue weighted by Crippen LogP contribution is 2.27. The van der Waals surface area contributed by atoms with Gasteiger partial charge in [-0.05, 0) is 38.0 Å². The van der Waals surface area contributed by atoms with E-state index < -0.39 is 0 Å². The van der Waals surface area contributed by atoms with Gasteiger partial charge in [-0.25, -0.2) is 4.98 Å². The SMILES string of the molecule is Cc1nc(CC(N)c2cccc(Br)c2C)sc1C. The third kappa shape index (κ3) is 2.82. The van der Waals surface area contributed by atoms with Crippen molar-refractivity contribution in [1.29, 1.82) is 0 Å². The van der Waals surface area contributed by atoms with Crippen LogP contribution in [-0.4, -0.2) is 4.98 Å². The Morgan fingerprint density at radius 3 is 2.67 bits per heavy atom. The predicted molar refractivity (Wildman–Crippen MR) is 81.1 cm³/mol. The molecule has 96 valence electrons. The zero-order chi connectivity index (χ0) is 13.3. The fourth-order valence-corrected chi connectivity index (χ4v) is 3.32. The van der Waals surface area contributed by atoms with Crippen molar-refractivity contribution in [3.63, 3.8) is 0 Å². The number of thiazole rings is 1. The molecule has 2 aromatic rings. The predicted octanol–water partition coefficient (Wildman–Crippen LogP) is 4.07. The Morgan fingerprint density at radius 2 is 2.06 bits per heavy atom. The van der Waals surface area contributed by atoms with Crippen LogP contribution in [0.4, 0.5) is 0 Å². The van der Waals surface area contributed by atoms with E-state index in [2.05, 4.69) is 40.8 Å². The summed E-state index contributed by atoms with van der Waals surface area (Å²) in [5.74, 6) is 0. The number of hydrogen-bond donors (Lipinski definition) is 1. The van der Waals surface area contributed by atoms with Crippen molar-refractivity contribution < 1.29 is 0 Å². The van der Waals surface area contributed by atoms with E-state index in [0.717, 1.165) is 21.6 Å². The van der Waals surface area contributed by atoms with Crippen molar-refractivity contribution in [3.05, 3.63) is 49.4 Å². The molecule has 0 aliphatic carbocycles. The van der Waals surface area contributed by atoms with Gasteiger partial charge in [0.15, 0.2) is 0 Å². The fraction of sp³-hybridized carbons (Fsp3) is 0.357. The highest BCUT2D eigenvalue weighted by atomic mass is 79.9. The fourth-order valence-electron chi connectivity index (χ4n) is 1.95. The molecule has 1 atom stereocenters. The monoisotopic (exact) mass is 324 g/mol. The normalized spacial score (nSPS) is 12.7. The number of nitrogens with zero attached hydrogens (tertiary/aromatic N) is 1. The van der Waals surface area contributed by atoms with Crippen LogP contribution in [0.2, 0.25) is 0 Å². The van der Waals surface area contributed by atoms with Gasteiger partial charge in [0.05, 0.1) is 10.7 Å². The third-order valence-electron chi connectivity index (χ3n) is 3.18. The minimum Gasteiger partial charge on any atom is -0.324 e. The molecular formula is C14H17BrN2S. The Morgan fingerprint density at radius 1 is 1.33 bits per heavy atom. The van der Waals surface area contributed by atoms with Crippen LogP contribution in [0.5, 0.6) is 0 Å². The zero-order valence-corrected chi connectivity index (χ0v) is 13.2. The summed E-state index contributed by atoms with van der Waals surface area (Å²) >= 11 is 5.29. The van der Waals surface area contributed by atoms with Crippen LogP contribution >= 0.6 is 27.3 Å². The number of hydrogen-bond acceptors (Lipinski definition) is 3. The van der Waals surface area contributed by atoms with Crippen molar-refractivity contribution in [3.8, 4) is 0 Å².